The van der Waals surface area contributed by atoms with Gasteiger partial charge in [0.05, 0.1) is 36.9 Å². The van der Waals surface area contributed by atoms with Gasteiger partial charge in [0.1, 0.15) is 5.69 Å². The third-order valence-electron chi connectivity index (χ3n) is 6.86. The summed E-state index contributed by atoms with van der Waals surface area (Å²) in [7, 11) is -10.9. The number of nitrogens with one attached hydrogen (secondary N) is 3. The van der Waals surface area contributed by atoms with Crippen molar-refractivity contribution in [2.75, 3.05) is 41.8 Å². The van der Waals surface area contributed by atoms with Gasteiger partial charge in [-0.15, -0.1) is 0 Å². The molecule has 1 amide bonds. The third kappa shape index (κ3) is 8.07. The molecule has 0 aliphatic carbocycles. The molecule has 7 N–H and O–H groups in total. The fourth-order valence-corrected chi connectivity index (χ4v) is 7.08. The van der Waals surface area contributed by atoms with Crippen LogP contribution in [-0.4, -0.2) is 83.3 Å². The molecule has 248 valence electrons. The van der Waals surface area contributed by atoms with Gasteiger partial charge in [0.2, 0.25) is 11.9 Å². The number of nitrogens with zero attached hydrogens (tertiary/aromatic N) is 4. The number of morpholine rings is 1. The number of amides is 1. The van der Waals surface area contributed by atoms with Crippen molar-refractivity contribution in [1.82, 2.24) is 20.2 Å². The number of H-pyrrole nitrogens is 1. The summed E-state index contributed by atoms with van der Waals surface area (Å²) >= 11 is 0. The smallest absolute Gasteiger partial charge is 0.341 e. The summed E-state index contributed by atoms with van der Waals surface area (Å²) in [6.07, 6.45) is 1.27. The van der Waals surface area contributed by atoms with Gasteiger partial charge in [-0.1, -0.05) is 18.7 Å². The summed E-state index contributed by atoms with van der Waals surface area (Å²) in [6, 6.07) is 9.06. The highest BCUT2D eigenvalue weighted by Gasteiger charge is 2.45. The molecule has 2 aromatic heterocycles. The number of carbonyl (C=O) groups excluding carboxylic acids is 2. The largest absolute Gasteiger partial charge is 0.424 e. The molecule has 0 spiro atoms. The second-order valence-corrected chi connectivity index (χ2v) is 14.2. The molecule has 4 aromatic rings. The van der Waals surface area contributed by atoms with Crippen LogP contribution in [0.2, 0.25) is 0 Å². The van der Waals surface area contributed by atoms with E-state index in [1.54, 1.807) is 24.3 Å². The number of hydrogen-bond acceptors (Lipinski definition) is 11. The highest BCUT2D eigenvalue weighted by molar-refractivity contribution is 7.70. The normalized spacial score (nSPS) is 13.9. The number of aromatic amines is 1. The molecule has 0 bridgehead atoms. The van der Waals surface area contributed by atoms with Crippen LogP contribution in [0.25, 0.3) is 22.3 Å². The number of benzene rings is 2. The minimum absolute atomic E-state index is 0.0133. The van der Waals surface area contributed by atoms with Gasteiger partial charge in [-0.2, -0.15) is 10.1 Å². The average molecular weight is 692 g/mol. The molecule has 0 radical (unpaired) electrons. The van der Waals surface area contributed by atoms with Crippen LogP contribution in [0.1, 0.15) is 6.42 Å². The number of ether oxygens (including phenoxy) is 2. The van der Waals surface area contributed by atoms with E-state index in [0.717, 1.165) is 12.1 Å². The van der Waals surface area contributed by atoms with Crippen LogP contribution in [0.5, 0.6) is 5.75 Å². The first-order valence-corrected chi connectivity index (χ1v) is 17.1. The molecule has 47 heavy (non-hydrogen) atoms. The highest BCUT2D eigenvalue weighted by atomic mass is 31.2. The third-order valence-corrected chi connectivity index (χ3v) is 10.6. The lowest BCUT2D eigenvalue weighted by molar-refractivity contribution is -0.134. The molecule has 1 saturated heterocycles. The number of aromatic nitrogens is 4. The molecule has 17 nitrogen and oxygen atoms in total. The van der Waals surface area contributed by atoms with Crippen molar-refractivity contribution in [3.63, 3.8) is 0 Å². The molecule has 0 unspecified atom stereocenters. The summed E-state index contributed by atoms with van der Waals surface area (Å²) in [5, 5.41) is 10.1. The number of fused-ring (bicyclic) bond motifs is 1. The summed E-state index contributed by atoms with van der Waals surface area (Å²) in [4.78, 5) is 72.9. The number of carbonyl (C=O) groups is 2. The molecule has 1 aliphatic rings. The van der Waals surface area contributed by atoms with Crippen LogP contribution in [0.3, 0.4) is 0 Å². The van der Waals surface area contributed by atoms with Gasteiger partial charge >= 0.3 is 21.2 Å². The van der Waals surface area contributed by atoms with Crippen molar-refractivity contribution < 1.29 is 52.2 Å². The van der Waals surface area contributed by atoms with E-state index in [1.807, 2.05) is 0 Å². The lowest BCUT2D eigenvalue weighted by Crippen LogP contribution is -2.37. The Bertz CT molecular complexity index is 1920. The first kappa shape index (κ1) is 33.8. The maximum atomic E-state index is 15.8. The Balaban J connectivity index is 1.51. The fourth-order valence-electron chi connectivity index (χ4n) is 4.74. The first-order chi connectivity index (χ1) is 22.2. The van der Waals surface area contributed by atoms with E-state index in [2.05, 4.69) is 37.4 Å². The van der Waals surface area contributed by atoms with Crippen molar-refractivity contribution in [1.29, 1.82) is 0 Å². The monoisotopic (exact) mass is 691 g/mol. The van der Waals surface area contributed by atoms with Crippen molar-refractivity contribution in [3.05, 3.63) is 61.1 Å². The molecule has 1 aliphatic heterocycles. The zero-order valence-electron chi connectivity index (χ0n) is 24.2. The number of esters is 1. The predicted octanol–water partition coefficient (Wildman–Crippen LogP) is 2.84. The quantitative estimate of drug-likeness (QED) is 0.0517. The van der Waals surface area contributed by atoms with E-state index in [9.17, 15) is 38.3 Å². The lowest BCUT2D eigenvalue weighted by Gasteiger charge is -2.30. The Labute approximate surface area is 265 Å². The number of anilines is 4. The van der Waals surface area contributed by atoms with Crippen LogP contribution in [-0.2, 0) is 23.5 Å². The van der Waals surface area contributed by atoms with Gasteiger partial charge < -0.3 is 44.6 Å². The lowest BCUT2D eigenvalue weighted by atomic mass is 10.1. The van der Waals surface area contributed by atoms with Gasteiger partial charge in [-0.25, -0.2) is 9.37 Å². The number of hydrogen-bond donors (Lipinski definition) is 7. The minimum Gasteiger partial charge on any atom is -0.424 e. The van der Waals surface area contributed by atoms with Crippen LogP contribution >= 0.6 is 15.2 Å². The van der Waals surface area contributed by atoms with Gasteiger partial charge in [0.25, 0.3) is 0 Å². The molecule has 0 atom stereocenters. The van der Waals surface area contributed by atoms with E-state index < -0.39 is 50.5 Å². The molecule has 5 rings (SSSR count). The molecule has 0 saturated carbocycles. The van der Waals surface area contributed by atoms with Crippen LogP contribution < -0.4 is 20.3 Å². The first-order valence-electron chi connectivity index (χ1n) is 13.7. The average Bonchev–Trinajstić information content (AvgIpc) is 3.47. The Morgan fingerprint density at radius 2 is 1.83 bits per heavy atom. The number of halogens is 1. The zero-order valence-corrected chi connectivity index (χ0v) is 26.0. The van der Waals surface area contributed by atoms with E-state index >= 15 is 4.39 Å². The van der Waals surface area contributed by atoms with E-state index in [-0.39, 0.29) is 43.6 Å². The standard InChI is InChI=1S/C27H28FN7O10P2/c1-2-21(36)30-16-5-3-4-15(10-16)24-18-14-29-34-26(18)33-27(32-24)31-17-11-19(28)25(35-6-8-44-9-7-35)20(12-17)45-22(37)13-23(46(38,39)40)47(41,42)43/h2-5,10-12,14,23H,1,6-9,13H2,(H,30,36)(H2,38,39,40)(H2,41,42,43)(H2,29,31,32,33,34). The SMILES string of the molecule is C=CC(=O)Nc1cccc(-c2nc(Nc3cc(F)c(N4CCOCC4)c(OC(=O)CC(P(=O)(O)O)P(=O)(O)O)c3)nc3[nH]ncc23)c1. The van der Waals surface area contributed by atoms with Crippen LogP contribution in [0, 0.1) is 5.82 Å². The Kier molecular flexibility index (Phi) is 9.84. The molecular weight excluding hydrogens is 663 g/mol. The molecular formula is C27H28FN7O10P2. The van der Waals surface area contributed by atoms with Crippen molar-refractivity contribution >= 4 is 61.1 Å². The summed E-state index contributed by atoms with van der Waals surface area (Å²) < 4.78 is 49.8. The highest BCUT2D eigenvalue weighted by Crippen LogP contribution is 2.61. The zero-order chi connectivity index (χ0) is 33.9. The van der Waals surface area contributed by atoms with Gasteiger partial charge in [-0.3, -0.25) is 23.8 Å². The van der Waals surface area contributed by atoms with E-state index in [0.29, 0.717) is 28.0 Å². The molecule has 3 heterocycles. The minimum atomic E-state index is -5.44. The Morgan fingerprint density at radius 1 is 1.11 bits per heavy atom. The van der Waals surface area contributed by atoms with Crippen molar-refractivity contribution in [3.8, 4) is 17.0 Å². The summed E-state index contributed by atoms with van der Waals surface area (Å²) in [6.45, 7) is 4.30. The second kappa shape index (κ2) is 13.7. The van der Waals surface area contributed by atoms with Crippen molar-refractivity contribution in [2.45, 2.75) is 11.8 Å². The molecule has 1 fully saturated rings. The second-order valence-electron chi connectivity index (χ2n) is 10.2. The Morgan fingerprint density at radius 3 is 2.51 bits per heavy atom. The van der Waals surface area contributed by atoms with E-state index in [4.69, 9.17) is 9.47 Å². The summed E-state index contributed by atoms with van der Waals surface area (Å²) in [5.41, 5.74) is 1.52. The maximum Gasteiger partial charge on any atom is 0.341 e. The van der Waals surface area contributed by atoms with Gasteiger partial charge in [0, 0.05) is 36.1 Å². The van der Waals surface area contributed by atoms with Gasteiger partial charge in [-0.05, 0) is 24.3 Å². The molecule has 20 heteroatoms. The topological polar surface area (TPSA) is 249 Å². The van der Waals surface area contributed by atoms with Crippen molar-refractivity contribution in [2.24, 2.45) is 0 Å². The van der Waals surface area contributed by atoms with Crippen LogP contribution in [0.4, 0.5) is 27.4 Å². The van der Waals surface area contributed by atoms with Crippen LogP contribution in [0.15, 0.2) is 55.3 Å². The maximum absolute atomic E-state index is 15.8. The number of rotatable bonds is 11. The molecule has 2 aromatic carbocycles. The Hall–Kier alpha value is -4.54. The van der Waals surface area contributed by atoms with Gasteiger partial charge in [0.15, 0.2) is 22.6 Å². The predicted molar refractivity (Wildman–Crippen MR) is 167 cm³/mol. The fraction of sp³-hybridized carbons (Fsp3) is 0.222. The van der Waals surface area contributed by atoms with E-state index in [1.165, 1.54) is 17.2 Å². The summed E-state index contributed by atoms with van der Waals surface area (Å²) in [5.74, 6) is -3.15.